The van der Waals surface area contributed by atoms with E-state index < -0.39 is 0 Å². The van der Waals surface area contributed by atoms with Crippen LogP contribution in [0.3, 0.4) is 0 Å². The number of aromatic amines is 1. The molecule has 0 radical (unpaired) electrons. The van der Waals surface area contributed by atoms with Gasteiger partial charge in [0.1, 0.15) is 5.65 Å². The number of aryl methyl sites for hydroxylation is 1. The van der Waals surface area contributed by atoms with Gasteiger partial charge in [-0.3, -0.25) is 4.79 Å². The van der Waals surface area contributed by atoms with Crippen LogP contribution in [0.5, 0.6) is 0 Å². The van der Waals surface area contributed by atoms with Crippen molar-refractivity contribution in [3.8, 4) is 0 Å². The summed E-state index contributed by atoms with van der Waals surface area (Å²) in [5, 5.41) is 0.896. The molecule has 5 nitrogen and oxygen atoms in total. The molecule has 0 aliphatic carbocycles. The number of rotatable bonds is 2. The van der Waals surface area contributed by atoms with E-state index in [4.69, 9.17) is 5.73 Å². The molecule has 0 saturated heterocycles. The molecule has 0 fully saturated rings. The molecule has 0 unspecified atom stereocenters. The summed E-state index contributed by atoms with van der Waals surface area (Å²) in [4.78, 5) is 22.0. The summed E-state index contributed by atoms with van der Waals surface area (Å²) in [6.07, 6.45) is 2.02. The lowest BCUT2D eigenvalue weighted by Gasteiger charge is -2.04. The molecule has 2 rings (SSSR count). The molecular weight excluding hydrogens is 204 g/mol. The van der Waals surface area contributed by atoms with Crippen molar-refractivity contribution in [2.24, 2.45) is 10.7 Å². The fraction of sp³-hybridized carbons (Fsp3) is 0.182. The van der Waals surface area contributed by atoms with Crippen molar-refractivity contribution < 1.29 is 0 Å². The maximum absolute atomic E-state index is 11.1. The van der Waals surface area contributed by atoms with Crippen LogP contribution in [-0.4, -0.2) is 16.3 Å². The van der Waals surface area contributed by atoms with E-state index in [9.17, 15) is 4.79 Å². The van der Waals surface area contributed by atoms with Crippen molar-refractivity contribution in [1.29, 1.82) is 0 Å². The Morgan fingerprint density at radius 1 is 1.56 bits per heavy atom. The highest BCUT2D eigenvalue weighted by molar-refractivity contribution is 5.78. The van der Waals surface area contributed by atoms with Gasteiger partial charge in [0.15, 0.2) is 5.82 Å². The molecular formula is C11H12N4O. The molecule has 16 heavy (non-hydrogen) atoms. The third-order valence-electron chi connectivity index (χ3n) is 2.34. The van der Waals surface area contributed by atoms with E-state index in [0.29, 0.717) is 11.5 Å². The Hall–Kier alpha value is -2.17. The minimum Gasteiger partial charge on any atom is -0.390 e. The van der Waals surface area contributed by atoms with Crippen molar-refractivity contribution in [3.05, 3.63) is 34.1 Å². The number of fused-ring (bicyclic) bond motifs is 1. The van der Waals surface area contributed by atoms with Crippen LogP contribution >= 0.6 is 0 Å². The van der Waals surface area contributed by atoms with Crippen LogP contribution in [-0.2, 0) is 6.42 Å². The summed E-state index contributed by atoms with van der Waals surface area (Å²) < 4.78 is 0. The van der Waals surface area contributed by atoms with Gasteiger partial charge in [-0.15, -0.1) is 0 Å². The lowest BCUT2D eigenvalue weighted by Crippen LogP contribution is -2.04. The molecule has 3 N–H and O–H groups in total. The molecule has 2 aromatic heterocycles. The first-order chi connectivity index (χ1) is 7.74. The number of aromatic nitrogens is 2. The second kappa shape index (κ2) is 4.14. The van der Waals surface area contributed by atoms with Crippen molar-refractivity contribution in [3.63, 3.8) is 0 Å². The number of H-pyrrole nitrogens is 1. The number of nitrogens with two attached hydrogens (primary N) is 1. The lowest BCUT2D eigenvalue weighted by molar-refractivity contribution is 1.10. The Morgan fingerprint density at radius 3 is 3.06 bits per heavy atom. The molecule has 5 heteroatoms. The fourth-order valence-corrected chi connectivity index (χ4v) is 1.56. The summed E-state index contributed by atoms with van der Waals surface area (Å²) in [6.45, 7) is 2.02. The van der Waals surface area contributed by atoms with Gasteiger partial charge in [0.25, 0.3) is 0 Å². The maximum Gasteiger partial charge on any atom is 0.249 e. The number of nitrogens with one attached hydrogen (secondary N) is 1. The Labute approximate surface area is 92.0 Å². The number of aliphatic imine (C=N–C) groups is 1. The number of pyridine rings is 2. The van der Waals surface area contributed by atoms with Crippen LogP contribution in [0.1, 0.15) is 12.5 Å². The zero-order chi connectivity index (χ0) is 11.5. The van der Waals surface area contributed by atoms with Crippen LogP contribution in [0.2, 0.25) is 0 Å². The average Bonchev–Trinajstić information content (AvgIpc) is 2.28. The standard InChI is InChI=1S/C11H12N4O/c1-2-7-5-8-3-4-9(16)14-11(8)15-10(7)13-6-12/h3-6H,2H2,1H3,(H3,12,13,14,15,16). The average molecular weight is 216 g/mol. The minimum absolute atomic E-state index is 0.174. The SMILES string of the molecule is CCc1cc2ccc(=O)[nH]c2nc1N=CN. The van der Waals surface area contributed by atoms with Gasteiger partial charge in [-0.2, -0.15) is 0 Å². The van der Waals surface area contributed by atoms with Gasteiger partial charge in [0.05, 0.1) is 6.34 Å². The molecule has 0 aliphatic rings. The maximum atomic E-state index is 11.1. The third kappa shape index (κ3) is 1.79. The van der Waals surface area contributed by atoms with Crippen LogP contribution in [0.15, 0.2) is 28.0 Å². The van der Waals surface area contributed by atoms with Gasteiger partial charge < -0.3 is 10.7 Å². The van der Waals surface area contributed by atoms with Crippen LogP contribution in [0.4, 0.5) is 5.82 Å². The second-order valence-electron chi connectivity index (χ2n) is 3.36. The molecule has 2 aromatic rings. The highest BCUT2D eigenvalue weighted by Gasteiger charge is 2.04. The molecule has 0 aliphatic heterocycles. The first-order valence-corrected chi connectivity index (χ1v) is 5.02. The normalized spacial score (nSPS) is 11.3. The molecule has 82 valence electrons. The quantitative estimate of drug-likeness (QED) is 0.582. The van der Waals surface area contributed by atoms with Crippen molar-refractivity contribution >= 4 is 23.2 Å². The highest BCUT2D eigenvalue weighted by Crippen LogP contribution is 2.20. The smallest absolute Gasteiger partial charge is 0.249 e. The van der Waals surface area contributed by atoms with Gasteiger partial charge in [-0.1, -0.05) is 6.92 Å². The van der Waals surface area contributed by atoms with Gasteiger partial charge in [0.2, 0.25) is 5.56 Å². The number of hydrogen-bond donors (Lipinski definition) is 2. The Morgan fingerprint density at radius 2 is 2.38 bits per heavy atom. The van der Waals surface area contributed by atoms with Gasteiger partial charge in [0, 0.05) is 11.5 Å². The lowest BCUT2D eigenvalue weighted by atomic mass is 10.1. The first-order valence-electron chi connectivity index (χ1n) is 5.02. The Kier molecular flexibility index (Phi) is 2.68. The fourth-order valence-electron chi connectivity index (χ4n) is 1.56. The summed E-state index contributed by atoms with van der Waals surface area (Å²) in [5.74, 6) is 0.555. The summed E-state index contributed by atoms with van der Waals surface area (Å²) in [7, 11) is 0. The molecule has 0 saturated carbocycles. The third-order valence-corrected chi connectivity index (χ3v) is 2.34. The van der Waals surface area contributed by atoms with E-state index >= 15 is 0 Å². The summed E-state index contributed by atoms with van der Waals surface area (Å²) in [6, 6.07) is 5.19. The molecule has 2 heterocycles. The molecule has 0 amide bonds. The van der Waals surface area contributed by atoms with Gasteiger partial charge >= 0.3 is 0 Å². The monoisotopic (exact) mass is 216 g/mol. The molecule has 0 bridgehead atoms. The van der Waals surface area contributed by atoms with Crippen molar-refractivity contribution in [2.45, 2.75) is 13.3 Å². The largest absolute Gasteiger partial charge is 0.390 e. The number of hydrogen-bond acceptors (Lipinski definition) is 3. The van der Waals surface area contributed by atoms with Crippen LogP contribution < -0.4 is 11.3 Å². The summed E-state index contributed by atoms with van der Waals surface area (Å²) >= 11 is 0. The summed E-state index contributed by atoms with van der Waals surface area (Å²) in [5.41, 5.74) is 6.61. The van der Waals surface area contributed by atoms with E-state index in [-0.39, 0.29) is 5.56 Å². The minimum atomic E-state index is -0.174. The second-order valence-corrected chi connectivity index (χ2v) is 3.36. The molecule has 0 spiro atoms. The Bertz CT molecular complexity index is 600. The van der Waals surface area contributed by atoms with Crippen molar-refractivity contribution in [1.82, 2.24) is 9.97 Å². The van der Waals surface area contributed by atoms with Gasteiger partial charge in [-0.05, 0) is 24.1 Å². The first kappa shape index (κ1) is 10.4. The zero-order valence-corrected chi connectivity index (χ0v) is 8.90. The topological polar surface area (TPSA) is 84.1 Å². The molecule has 0 atom stereocenters. The van der Waals surface area contributed by atoms with E-state index in [1.807, 2.05) is 13.0 Å². The number of nitrogens with zero attached hydrogens (tertiary/aromatic N) is 2. The van der Waals surface area contributed by atoms with Crippen LogP contribution in [0, 0.1) is 0 Å². The van der Waals surface area contributed by atoms with E-state index in [0.717, 1.165) is 17.4 Å². The highest BCUT2D eigenvalue weighted by atomic mass is 16.1. The predicted octanol–water partition coefficient (Wildman–Crippen LogP) is 1.10. The van der Waals surface area contributed by atoms with E-state index in [1.54, 1.807) is 6.07 Å². The van der Waals surface area contributed by atoms with Crippen molar-refractivity contribution in [2.75, 3.05) is 0 Å². The van der Waals surface area contributed by atoms with Crippen LogP contribution in [0.25, 0.3) is 11.0 Å². The predicted molar refractivity (Wildman–Crippen MR) is 64.1 cm³/mol. The molecule has 0 aromatic carbocycles. The van der Waals surface area contributed by atoms with E-state index in [1.165, 1.54) is 12.4 Å². The Balaban J connectivity index is 2.75. The van der Waals surface area contributed by atoms with Gasteiger partial charge in [-0.25, -0.2) is 9.98 Å². The van der Waals surface area contributed by atoms with E-state index in [2.05, 4.69) is 15.0 Å². The zero-order valence-electron chi connectivity index (χ0n) is 8.90.